The molecule has 2 aromatic carbocycles. The van der Waals surface area contributed by atoms with E-state index >= 15 is 0 Å². The highest BCUT2D eigenvalue weighted by atomic mass is 35.5. The molecule has 0 aliphatic carbocycles. The van der Waals surface area contributed by atoms with Crippen LogP contribution in [-0.4, -0.2) is 60.2 Å². The molecule has 9 nitrogen and oxygen atoms in total. The van der Waals surface area contributed by atoms with E-state index in [2.05, 4.69) is 32.1 Å². The first-order valence-electron chi connectivity index (χ1n) is 12.5. The van der Waals surface area contributed by atoms with Gasteiger partial charge in [0.05, 0.1) is 30.4 Å². The smallest absolute Gasteiger partial charge is 0.247 e. The van der Waals surface area contributed by atoms with E-state index < -0.39 is 0 Å². The number of ether oxygens (including phenoxy) is 3. The van der Waals surface area contributed by atoms with Crippen LogP contribution in [0.2, 0.25) is 5.02 Å². The van der Waals surface area contributed by atoms with Crippen molar-refractivity contribution < 1.29 is 19.0 Å². The van der Waals surface area contributed by atoms with Crippen molar-refractivity contribution in [3.8, 4) is 17.4 Å². The van der Waals surface area contributed by atoms with Crippen LogP contribution in [0.25, 0.3) is 10.2 Å². The summed E-state index contributed by atoms with van der Waals surface area (Å²) in [7, 11) is 0. The first kappa shape index (κ1) is 26.9. The van der Waals surface area contributed by atoms with Crippen molar-refractivity contribution in [2.45, 2.75) is 6.42 Å². The third-order valence-electron chi connectivity index (χ3n) is 5.94. The molecule has 2 N–H and O–H groups in total. The van der Waals surface area contributed by atoms with Crippen molar-refractivity contribution in [1.82, 2.24) is 14.9 Å². The Morgan fingerprint density at radius 2 is 2.03 bits per heavy atom. The number of anilines is 3. The minimum atomic E-state index is -0.301. The van der Waals surface area contributed by atoms with E-state index in [0.717, 1.165) is 55.2 Å². The molecular formula is C28H28ClN5O4S. The zero-order chi connectivity index (χ0) is 27.0. The largest absolute Gasteiger partial charge is 0.492 e. The third kappa shape index (κ3) is 7.24. The van der Waals surface area contributed by atoms with Crippen LogP contribution in [-0.2, 0) is 9.53 Å². The first-order chi connectivity index (χ1) is 19.1. The number of morpholine rings is 1. The molecule has 11 heteroatoms. The molecule has 1 saturated heterocycles. The van der Waals surface area contributed by atoms with Gasteiger partial charge < -0.3 is 24.8 Å². The molecule has 4 aromatic rings. The number of nitrogens with one attached hydrogen (secondary N) is 2. The minimum Gasteiger partial charge on any atom is -0.492 e. The van der Waals surface area contributed by atoms with Crippen molar-refractivity contribution >= 4 is 56.4 Å². The van der Waals surface area contributed by atoms with Crippen molar-refractivity contribution in [2.75, 3.05) is 50.1 Å². The van der Waals surface area contributed by atoms with Crippen molar-refractivity contribution in [3.63, 3.8) is 0 Å². The van der Waals surface area contributed by atoms with E-state index in [-0.39, 0.29) is 5.91 Å². The number of nitrogens with zero attached hydrogens (tertiary/aromatic N) is 3. The molecule has 2 aromatic heterocycles. The number of amides is 1. The van der Waals surface area contributed by atoms with Crippen molar-refractivity contribution in [2.24, 2.45) is 0 Å². The second-order valence-corrected chi connectivity index (χ2v) is 10.1. The minimum absolute atomic E-state index is 0.301. The molecule has 1 amide bonds. The van der Waals surface area contributed by atoms with Crippen molar-refractivity contribution in [3.05, 3.63) is 71.6 Å². The maximum Gasteiger partial charge on any atom is 0.247 e. The lowest BCUT2D eigenvalue weighted by atomic mass is 10.3. The van der Waals surface area contributed by atoms with Gasteiger partial charge in [-0.25, -0.2) is 4.98 Å². The van der Waals surface area contributed by atoms with Crippen molar-refractivity contribution in [1.29, 1.82) is 0 Å². The van der Waals surface area contributed by atoms with Crippen LogP contribution in [0.5, 0.6) is 17.4 Å². The Bertz CT molecular complexity index is 1460. The Morgan fingerprint density at radius 1 is 1.15 bits per heavy atom. The van der Waals surface area contributed by atoms with E-state index in [1.54, 1.807) is 30.3 Å². The molecule has 5 rings (SSSR count). The predicted octanol–water partition coefficient (Wildman–Crippen LogP) is 6.11. The topological polar surface area (TPSA) is 97.8 Å². The summed E-state index contributed by atoms with van der Waals surface area (Å²) in [6, 6.07) is 14.5. The van der Waals surface area contributed by atoms with Gasteiger partial charge in [-0.05, 0) is 54.3 Å². The van der Waals surface area contributed by atoms with Crippen LogP contribution in [0.3, 0.4) is 0 Å². The molecular weight excluding hydrogens is 538 g/mol. The summed E-state index contributed by atoms with van der Waals surface area (Å²) in [5.74, 6) is 1.61. The molecule has 0 unspecified atom stereocenters. The maximum atomic E-state index is 11.7. The van der Waals surface area contributed by atoms with E-state index in [9.17, 15) is 4.79 Å². The number of fused-ring (bicyclic) bond motifs is 1. The highest BCUT2D eigenvalue weighted by Crippen LogP contribution is 2.34. The second-order valence-electron chi connectivity index (χ2n) is 8.74. The lowest BCUT2D eigenvalue weighted by Crippen LogP contribution is -2.37. The third-order valence-corrected chi connectivity index (χ3v) is 7.13. The number of rotatable bonds is 11. The number of halogens is 1. The molecule has 0 radical (unpaired) electrons. The van der Waals surface area contributed by atoms with E-state index in [1.165, 1.54) is 17.4 Å². The van der Waals surface area contributed by atoms with Gasteiger partial charge in [0, 0.05) is 37.1 Å². The highest BCUT2D eigenvalue weighted by molar-refractivity contribution is 7.17. The SMILES string of the molecule is C=CC(=O)Nc1cccc(Oc2nc(Nc3ccc(OCCCN4CCOCC4)c(Cl)c3)nc3ccsc23)c1. The van der Waals surface area contributed by atoms with E-state index in [0.29, 0.717) is 40.6 Å². The summed E-state index contributed by atoms with van der Waals surface area (Å²) in [6.45, 7) is 8.55. The summed E-state index contributed by atoms with van der Waals surface area (Å²) < 4.78 is 18.2. The van der Waals surface area contributed by atoms with Crippen LogP contribution in [0.15, 0.2) is 66.6 Å². The number of carbonyl (C=O) groups excluding carboxylic acids is 1. The molecule has 1 aliphatic heterocycles. The fraction of sp³-hybridized carbons (Fsp3) is 0.250. The van der Waals surface area contributed by atoms with Gasteiger partial charge in [0.25, 0.3) is 0 Å². The van der Waals surface area contributed by atoms with Crippen LogP contribution >= 0.6 is 22.9 Å². The average molecular weight is 566 g/mol. The van der Waals surface area contributed by atoms with E-state index in [1.807, 2.05) is 23.6 Å². The Kier molecular flexibility index (Phi) is 8.89. The average Bonchev–Trinajstić information content (AvgIpc) is 3.42. The highest BCUT2D eigenvalue weighted by Gasteiger charge is 2.14. The van der Waals surface area contributed by atoms with Gasteiger partial charge in [-0.3, -0.25) is 9.69 Å². The van der Waals surface area contributed by atoms with Gasteiger partial charge in [0.2, 0.25) is 17.7 Å². The zero-order valence-corrected chi connectivity index (χ0v) is 22.8. The fourth-order valence-electron chi connectivity index (χ4n) is 4.02. The Labute approximate surface area is 235 Å². The monoisotopic (exact) mass is 565 g/mol. The lowest BCUT2D eigenvalue weighted by Gasteiger charge is -2.26. The number of thiophene rings is 1. The molecule has 202 valence electrons. The first-order valence-corrected chi connectivity index (χ1v) is 13.8. The van der Waals surface area contributed by atoms with Crippen LogP contribution in [0.4, 0.5) is 17.3 Å². The Hall–Kier alpha value is -3.70. The summed E-state index contributed by atoms with van der Waals surface area (Å²) in [5.41, 5.74) is 2.05. The van der Waals surface area contributed by atoms with E-state index in [4.69, 9.17) is 25.8 Å². The van der Waals surface area contributed by atoms with Crippen LogP contribution in [0, 0.1) is 0 Å². The van der Waals surface area contributed by atoms with Gasteiger partial charge >= 0.3 is 0 Å². The molecule has 1 fully saturated rings. The Balaban J connectivity index is 1.25. The van der Waals surface area contributed by atoms with Gasteiger partial charge in [-0.15, -0.1) is 11.3 Å². The van der Waals surface area contributed by atoms with Gasteiger partial charge in [-0.2, -0.15) is 4.98 Å². The lowest BCUT2D eigenvalue weighted by molar-refractivity contribution is -0.111. The standard InChI is InChI=1S/C28H28ClN5O4S/c1-2-25(35)30-19-5-3-6-21(17-19)38-27-26-23(9-16-39-26)32-28(33-27)31-20-7-8-24(22(29)18-20)37-13-4-10-34-11-14-36-15-12-34/h2-3,5-9,16-18H,1,4,10-15H2,(H,30,35)(H,31,32,33). The number of carbonyl (C=O) groups is 1. The number of hydrogen-bond donors (Lipinski definition) is 2. The quantitative estimate of drug-likeness (QED) is 0.166. The molecule has 1 aliphatic rings. The number of hydrogen-bond acceptors (Lipinski definition) is 9. The summed E-state index contributed by atoms with van der Waals surface area (Å²) in [5, 5.41) is 8.36. The van der Waals surface area contributed by atoms with Gasteiger partial charge in [-0.1, -0.05) is 24.2 Å². The predicted molar refractivity (Wildman–Crippen MR) is 155 cm³/mol. The number of aromatic nitrogens is 2. The van der Waals surface area contributed by atoms with Gasteiger partial charge in [0.1, 0.15) is 16.2 Å². The van der Waals surface area contributed by atoms with Gasteiger partial charge in [0.15, 0.2) is 0 Å². The second kappa shape index (κ2) is 12.9. The molecule has 0 bridgehead atoms. The number of benzene rings is 2. The maximum absolute atomic E-state index is 11.7. The Morgan fingerprint density at radius 3 is 2.85 bits per heavy atom. The molecule has 0 atom stereocenters. The fourth-order valence-corrected chi connectivity index (χ4v) is 5.01. The zero-order valence-electron chi connectivity index (χ0n) is 21.2. The molecule has 39 heavy (non-hydrogen) atoms. The molecule has 0 saturated carbocycles. The summed E-state index contributed by atoms with van der Waals surface area (Å²) >= 11 is 7.99. The summed E-state index contributed by atoms with van der Waals surface area (Å²) in [6.07, 6.45) is 2.12. The molecule has 3 heterocycles. The summed E-state index contributed by atoms with van der Waals surface area (Å²) in [4.78, 5) is 23.2. The van der Waals surface area contributed by atoms with Crippen LogP contribution < -0.4 is 20.1 Å². The van der Waals surface area contributed by atoms with Crippen LogP contribution in [0.1, 0.15) is 6.42 Å². The normalized spacial score (nSPS) is 13.7. The molecule has 0 spiro atoms.